The summed E-state index contributed by atoms with van der Waals surface area (Å²) in [5.41, 5.74) is 8.91. The Morgan fingerprint density at radius 2 is 1.49 bits per heavy atom. The third kappa shape index (κ3) is 10.7. The Morgan fingerprint density at radius 3 is 2.06 bits per heavy atom. The Bertz CT molecular complexity index is 965. The SMILES string of the molecule is CC.CF.CNCC(C)NOCc1ccc(CC(c2ccc(Cl)cc2)c2ccc(C)cc2Cl)cc1. The predicted molar refractivity (Wildman–Crippen MR) is 149 cm³/mol. The van der Waals surface area contributed by atoms with Crippen molar-refractivity contribution >= 4 is 23.2 Å². The number of nitrogens with one attached hydrogen (secondary N) is 2. The second-order valence-electron chi connectivity index (χ2n) is 8.01. The van der Waals surface area contributed by atoms with Crippen molar-refractivity contribution in [3.05, 3.63) is 105 Å². The van der Waals surface area contributed by atoms with Crippen molar-refractivity contribution in [3.8, 4) is 0 Å². The molecule has 0 aliphatic carbocycles. The van der Waals surface area contributed by atoms with Crippen LogP contribution in [0.4, 0.5) is 4.39 Å². The van der Waals surface area contributed by atoms with Gasteiger partial charge in [0.2, 0.25) is 0 Å². The van der Waals surface area contributed by atoms with Gasteiger partial charge in [0, 0.05) is 28.5 Å². The number of aryl methyl sites for hydroxylation is 1. The molecule has 2 unspecified atom stereocenters. The van der Waals surface area contributed by atoms with Crippen molar-refractivity contribution < 1.29 is 9.23 Å². The molecular weight excluding hydrogens is 482 g/mol. The van der Waals surface area contributed by atoms with E-state index in [-0.39, 0.29) is 12.0 Å². The molecule has 2 N–H and O–H groups in total. The summed E-state index contributed by atoms with van der Waals surface area (Å²) in [5.74, 6) is 0.150. The normalized spacial score (nSPS) is 12.0. The average molecular weight is 522 g/mol. The molecule has 0 bridgehead atoms. The lowest BCUT2D eigenvalue weighted by atomic mass is 9.85. The Morgan fingerprint density at radius 1 is 0.886 bits per heavy atom. The Hall–Kier alpha value is -1.95. The first-order valence-corrected chi connectivity index (χ1v) is 12.7. The third-order valence-corrected chi connectivity index (χ3v) is 5.88. The molecule has 0 heterocycles. The lowest BCUT2D eigenvalue weighted by Crippen LogP contribution is -2.34. The van der Waals surface area contributed by atoms with E-state index >= 15 is 0 Å². The number of benzene rings is 3. The summed E-state index contributed by atoms with van der Waals surface area (Å²) in [6, 6.07) is 23.2. The van der Waals surface area contributed by atoms with Crippen LogP contribution >= 0.6 is 23.2 Å². The van der Waals surface area contributed by atoms with Crippen molar-refractivity contribution in [1.29, 1.82) is 0 Å². The summed E-state index contributed by atoms with van der Waals surface area (Å²) in [6.07, 6.45) is 0.850. The molecular formula is C29H39Cl2FN2O. The zero-order chi connectivity index (χ0) is 26.2. The highest BCUT2D eigenvalue weighted by Crippen LogP contribution is 2.34. The van der Waals surface area contributed by atoms with Gasteiger partial charge in [-0.3, -0.25) is 9.23 Å². The highest BCUT2D eigenvalue weighted by molar-refractivity contribution is 6.31. The minimum atomic E-state index is 0.150. The molecule has 0 saturated heterocycles. The molecule has 3 aromatic rings. The van der Waals surface area contributed by atoms with Gasteiger partial charge in [0.15, 0.2) is 0 Å². The monoisotopic (exact) mass is 520 g/mol. The summed E-state index contributed by atoms with van der Waals surface area (Å²) < 4.78 is 9.50. The molecule has 0 amide bonds. The van der Waals surface area contributed by atoms with Crippen LogP contribution in [0.25, 0.3) is 0 Å². The van der Waals surface area contributed by atoms with Crippen LogP contribution in [0.2, 0.25) is 10.0 Å². The van der Waals surface area contributed by atoms with Crippen LogP contribution in [0.3, 0.4) is 0 Å². The first kappa shape index (κ1) is 31.1. The first-order chi connectivity index (χ1) is 17.0. The lowest BCUT2D eigenvalue weighted by Gasteiger charge is -2.20. The molecule has 3 rings (SSSR count). The summed E-state index contributed by atoms with van der Waals surface area (Å²) in [5, 5.41) is 4.65. The van der Waals surface area contributed by atoms with Crippen LogP contribution in [-0.2, 0) is 17.9 Å². The molecule has 35 heavy (non-hydrogen) atoms. The second kappa shape index (κ2) is 17.5. The van der Waals surface area contributed by atoms with Gasteiger partial charge < -0.3 is 5.32 Å². The van der Waals surface area contributed by atoms with E-state index in [0.29, 0.717) is 13.8 Å². The van der Waals surface area contributed by atoms with E-state index in [1.165, 1.54) is 11.1 Å². The average Bonchev–Trinajstić information content (AvgIpc) is 2.87. The fourth-order valence-electron chi connectivity index (χ4n) is 3.64. The molecule has 0 spiro atoms. The van der Waals surface area contributed by atoms with E-state index in [1.54, 1.807) is 0 Å². The molecule has 0 radical (unpaired) electrons. The smallest absolute Gasteiger partial charge is 0.0933 e. The van der Waals surface area contributed by atoms with Gasteiger partial charge in [-0.15, -0.1) is 0 Å². The van der Waals surface area contributed by atoms with Crippen LogP contribution in [-0.4, -0.2) is 26.8 Å². The minimum absolute atomic E-state index is 0.150. The van der Waals surface area contributed by atoms with E-state index in [2.05, 4.69) is 73.2 Å². The van der Waals surface area contributed by atoms with Crippen LogP contribution in [0.15, 0.2) is 66.7 Å². The quantitative estimate of drug-likeness (QED) is 0.266. The van der Waals surface area contributed by atoms with Gasteiger partial charge in [-0.25, -0.2) is 0 Å². The van der Waals surface area contributed by atoms with Crippen LogP contribution < -0.4 is 10.8 Å². The number of hydrogen-bond donors (Lipinski definition) is 2. The summed E-state index contributed by atoms with van der Waals surface area (Å²) in [6.45, 7) is 9.51. The maximum absolute atomic E-state index is 9.50. The fraction of sp³-hybridized carbons (Fsp3) is 0.379. The van der Waals surface area contributed by atoms with Gasteiger partial charge in [-0.05, 0) is 73.3 Å². The number of likely N-dealkylation sites (N-methyl/N-ethyl adjacent to an activating group) is 1. The maximum atomic E-state index is 9.50. The molecule has 3 aromatic carbocycles. The van der Waals surface area contributed by atoms with Gasteiger partial charge in [0.05, 0.1) is 13.8 Å². The van der Waals surface area contributed by atoms with Crippen molar-refractivity contribution in [2.75, 3.05) is 20.8 Å². The van der Waals surface area contributed by atoms with Crippen LogP contribution in [0, 0.1) is 6.92 Å². The Labute approximate surface area is 221 Å². The summed E-state index contributed by atoms with van der Waals surface area (Å²) in [7, 11) is 2.43. The predicted octanol–water partition coefficient (Wildman–Crippen LogP) is 7.92. The largest absolute Gasteiger partial charge is 0.318 e. The molecule has 192 valence electrons. The standard InChI is InChI=1S/C26H30Cl2N2O.C2H6.CH3F/c1-18-4-13-24(26(28)14-18)25(22-9-11-23(27)12-10-22)15-20-5-7-21(8-6-20)17-31-30-19(2)16-29-3;2*1-2/h4-14,19,25,29-30H,15-17H2,1-3H3;1-2H3;1H3. The van der Waals surface area contributed by atoms with E-state index in [0.717, 1.165) is 39.7 Å². The molecule has 0 aromatic heterocycles. The summed E-state index contributed by atoms with van der Waals surface area (Å²) in [4.78, 5) is 5.61. The second-order valence-corrected chi connectivity index (χ2v) is 8.86. The topological polar surface area (TPSA) is 33.3 Å². The molecule has 0 aliphatic rings. The summed E-state index contributed by atoms with van der Waals surface area (Å²) >= 11 is 12.8. The van der Waals surface area contributed by atoms with Gasteiger partial charge in [0.25, 0.3) is 0 Å². The molecule has 0 saturated carbocycles. The van der Waals surface area contributed by atoms with Crippen molar-refractivity contribution in [3.63, 3.8) is 0 Å². The van der Waals surface area contributed by atoms with Crippen molar-refractivity contribution in [2.45, 2.75) is 52.7 Å². The van der Waals surface area contributed by atoms with Crippen molar-refractivity contribution in [1.82, 2.24) is 10.8 Å². The third-order valence-electron chi connectivity index (χ3n) is 5.30. The van der Waals surface area contributed by atoms with Crippen LogP contribution in [0.5, 0.6) is 0 Å². The maximum Gasteiger partial charge on any atom is 0.0933 e. The van der Waals surface area contributed by atoms with E-state index < -0.39 is 0 Å². The minimum Gasteiger partial charge on any atom is -0.318 e. The number of hydroxylamine groups is 1. The van der Waals surface area contributed by atoms with Gasteiger partial charge in [-0.1, -0.05) is 85.6 Å². The number of alkyl halides is 1. The van der Waals surface area contributed by atoms with E-state index in [4.69, 9.17) is 28.0 Å². The highest BCUT2D eigenvalue weighted by Gasteiger charge is 2.18. The van der Waals surface area contributed by atoms with Crippen LogP contribution in [0.1, 0.15) is 54.5 Å². The zero-order valence-corrected chi connectivity index (χ0v) is 23.2. The molecule has 6 heteroatoms. The van der Waals surface area contributed by atoms with Gasteiger partial charge >= 0.3 is 0 Å². The number of hydrogen-bond acceptors (Lipinski definition) is 3. The number of rotatable bonds is 10. The van der Waals surface area contributed by atoms with E-state index in [9.17, 15) is 4.39 Å². The fourth-order valence-corrected chi connectivity index (χ4v) is 4.13. The Kier molecular flexibility index (Phi) is 15.5. The molecule has 0 fully saturated rings. The first-order valence-electron chi connectivity index (χ1n) is 12.0. The molecule has 3 nitrogen and oxygen atoms in total. The van der Waals surface area contributed by atoms with Gasteiger partial charge in [-0.2, -0.15) is 5.48 Å². The lowest BCUT2D eigenvalue weighted by molar-refractivity contribution is 0.00808. The van der Waals surface area contributed by atoms with Gasteiger partial charge in [0.1, 0.15) is 0 Å². The highest BCUT2D eigenvalue weighted by atomic mass is 35.5. The Balaban J connectivity index is 0.00000145. The van der Waals surface area contributed by atoms with Crippen molar-refractivity contribution in [2.24, 2.45) is 0 Å². The number of halogens is 3. The zero-order valence-electron chi connectivity index (χ0n) is 21.7. The molecule has 2 atom stereocenters. The molecule has 0 aliphatic heterocycles. The van der Waals surface area contributed by atoms with E-state index in [1.807, 2.05) is 39.1 Å².